The molecule has 2 aromatic rings. The van der Waals surface area contributed by atoms with Gasteiger partial charge in [0.1, 0.15) is 0 Å². The summed E-state index contributed by atoms with van der Waals surface area (Å²) in [5, 5.41) is 9.94. The lowest BCUT2D eigenvalue weighted by molar-refractivity contribution is 0.112. The van der Waals surface area contributed by atoms with E-state index in [1.807, 2.05) is 24.5 Å². The standard InChI is InChI=1S/C13H15NO2/c1-9-5-12-11(8-16)7-14(3-4-15)13(12)6-10(9)2/h5-8,15H,3-4H2,1-2H3. The molecule has 0 fully saturated rings. The zero-order valence-corrected chi connectivity index (χ0v) is 9.53. The van der Waals surface area contributed by atoms with Crippen LogP contribution >= 0.6 is 0 Å². The monoisotopic (exact) mass is 217 g/mol. The number of aldehydes is 1. The molecule has 0 unspecified atom stereocenters. The highest BCUT2D eigenvalue weighted by Crippen LogP contribution is 2.23. The van der Waals surface area contributed by atoms with Crippen LogP contribution in [0.25, 0.3) is 10.9 Å². The van der Waals surface area contributed by atoms with Crippen molar-refractivity contribution in [3.05, 3.63) is 35.0 Å². The first-order valence-corrected chi connectivity index (χ1v) is 5.33. The van der Waals surface area contributed by atoms with E-state index in [0.717, 1.165) is 17.2 Å². The molecule has 0 aliphatic heterocycles. The molecular formula is C13H15NO2. The van der Waals surface area contributed by atoms with E-state index in [1.54, 1.807) is 6.20 Å². The van der Waals surface area contributed by atoms with Crippen LogP contribution in [0.2, 0.25) is 0 Å². The second kappa shape index (κ2) is 4.10. The molecule has 0 saturated carbocycles. The van der Waals surface area contributed by atoms with Gasteiger partial charge in [0.15, 0.2) is 6.29 Å². The van der Waals surface area contributed by atoms with Gasteiger partial charge in [-0.05, 0) is 37.1 Å². The number of carbonyl (C=O) groups is 1. The van der Waals surface area contributed by atoms with Crippen molar-refractivity contribution in [1.29, 1.82) is 0 Å². The second-order valence-electron chi connectivity index (χ2n) is 4.07. The highest BCUT2D eigenvalue weighted by Gasteiger charge is 2.09. The Kier molecular flexibility index (Phi) is 2.79. The van der Waals surface area contributed by atoms with Gasteiger partial charge in [-0.15, -0.1) is 0 Å². The van der Waals surface area contributed by atoms with Crippen molar-refractivity contribution >= 4 is 17.2 Å². The summed E-state index contributed by atoms with van der Waals surface area (Å²) in [6, 6.07) is 4.09. The largest absolute Gasteiger partial charge is 0.395 e. The molecule has 1 N–H and O–H groups in total. The lowest BCUT2D eigenvalue weighted by Crippen LogP contribution is -2.00. The summed E-state index contributed by atoms with van der Waals surface area (Å²) in [6.45, 7) is 4.68. The molecule has 16 heavy (non-hydrogen) atoms. The number of rotatable bonds is 3. The number of aromatic nitrogens is 1. The van der Waals surface area contributed by atoms with E-state index in [2.05, 4.69) is 6.07 Å². The summed E-state index contributed by atoms with van der Waals surface area (Å²) < 4.78 is 1.92. The molecule has 0 spiro atoms. The molecule has 0 aliphatic rings. The van der Waals surface area contributed by atoms with Crippen LogP contribution in [0, 0.1) is 13.8 Å². The number of aliphatic hydroxyl groups is 1. The second-order valence-corrected chi connectivity index (χ2v) is 4.07. The van der Waals surface area contributed by atoms with Gasteiger partial charge in [0.05, 0.1) is 6.61 Å². The van der Waals surface area contributed by atoms with Gasteiger partial charge in [0.25, 0.3) is 0 Å². The molecule has 1 heterocycles. The number of nitrogens with zero attached hydrogens (tertiary/aromatic N) is 1. The number of fused-ring (bicyclic) bond motifs is 1. The lowest BCUT2D eigenvalue weighted by Gasteiger charge is -2.05. The van der Waals surface area contributed by atoms with Gasteiger partial charge in [-0.2, -0.15) is 0 Å². The third kappa shape index (κ3) is 1.63. The molecule has 3 heteroatoms. The van der Waals surface area contributed by atoms with Crippen LogP contribution in [0.5, 0.6) is 0 Å². The van der Waals surface area contributed by atoms with Gasteiger partial charge >= 0.3 is 0 Å². The number of carbonyl (C=O) groups excluding carboxylic acids is 1. The average Bonchev–Trinajstić information content (AvgIpc) is 2.58. The van der Waals surface area contributed by atoms with E-state index in [-0.39, 0.29) is 6.61 Å². The van der Waals surface area contributed by atoms with Crippen molar-refractivity contribution in [3.8, 4) is 0 Å². The predicted octanol–water partition coefficient (Wildman–Crippen LogP) is 2.06. The predicted molar refractivity (Wildman–Crippen MR) is 63.9 cm³/mol. The molecule has 0 radical (unpaired) electrons. The Morgan fingerprint density at radius 1 is 1.31 bits per heavy atom. The van der Waals surface area contributed by atoms with Gasteiger partial charge in [0.2, 0.25) is 0 Å². The first-order valence-electron chi connectivity index (χ1n) is 5.33. The Labute approximate surface area is 94.3 Å². The van der Waals surface area contributed by atoms with Gasteiger partial charge in [-0.3, -0.25) is 4.79 Å². The molecule has 3 nitrogen and oxygen atoms in total. The maximum absolute atomic E-state index is 11.0. The molecule has 0 bridgehead atoms. The summed E-state index contributed by atoms with van der Waals surface area (Å²) >= 11 is 0. The Balaban J connectivity index is 2.74. The van der Waals surface area contributed by atoms with Gasteiger partial charge in [0, 0.05) is 29.2 Å². The van der Waals surface area contributed by atoms with Crippen LogP contribution in [-0.4, -0.2) is 22.6 Å². The van der Waals surface area contributed by atoms with Crippen LogP contribution in [0.3, 0.4) is 0 Å². The number of aryl methyl sites for hydroxylation is 2. The van der Waals surface area contributed by atoms with Crippen LogP contribution in [0.4, 0.5) is 0 Å². The molecule has 84 valence electrons. The summed E-state index contributed by atoms with van der Waals surface area (Å²) in [4.78, 5) is 11.0. The quantitative estimate of drug-likeness (QED) is 0.800. The SMILES string of the molecule is Cc1cc2c(C=O)cn(CCO)c2cc1C. The van der Waals surface area contributed by atoms with Gasteiger partial charge in [-0.25, -0.2) is 0 Å². The van der Waals surface area contributed by atoms with Crippen LogP contribution in [0.1, 0.15) is 21.5 Å². The maximum Gasteiger partial charge on any atom is 0.152 e. The summed E-state index contributed by atoms with van der Waals surface area (Å²) in [5.41, 5.74) is 4.07. The number of benzene rings is 1. The molecule has 0 atom stereocenters. The Hall–Kier alpha value is -1.61. The zero-order chi connectivity index (χ0) is 11.7. The normalized spacial score (nSPS) is 10.9. The smallest absolute Gasteiger partial charge is 0.152 e. The first kappa shape index (κ1) is 10.9. The van der Waals surface area contributed by atoms with E-state index in [0.29, 0.717) is 12.1 Å². The molecule has 0 aliphatic carbocycles. The van der Waals surface area contributed by atoms with Gasteiger partial charge < -0.3 is 9.67 Å². The van der Waals surface area contributed by atoms with E-state index in [9.17, 15) is 4.79 Å². The van der Waals surface area contributed by atoms with Crippen LogP contribution in [-0.2, 0) is 6.54 Å². The minimum Gasteiger partial charge on any atom is -0.395 e. The minimum atomic E-state index is 0.0784. The zero-order valence-electron chi connectivity index (χ0n) is 9.53. The molecular weight excluding hydrogens is 202 g/mol. The molecule has 1 aromatic carbocycles. The molecule has 0 saturated heterocycles. The number of hydrogen-bond donors (Lipinski definition) is 1. The molecule has 0 amide bonds. The third-order valence-corrected chi connectivity index (χ3v) is 3.00. The van der Waals surface area contributed by atoms with Crippen LogP contribution in [0.15, 0.2) is 18.3 Å². The van der Waals surface area contributed by atoms with Crippen LogP contribution < -0.4 is 0 Å². The van der Waals surface area contributed by atoms with Gasteiger partial charge in [-0.1, -0.05) is 0 Å². The summed E-state index contributed by atoms with van der Waals surface area (Å²) in [6.07, 6.45) is 2.66. The topological polar surface area (TPSA) is 42.2 Å². The van der Waals surface area contributed by atoms with Crippen molar-refractivity contribution in [2.75, 3.05) is 6.61 Å². The maximum atomic E-state index is 11.0. The van der Waals surface area contributed by atoms with E-state index in [1.165, 1.54) is 11.1 Å². The fourth-order valence-corrected chi connectivity index (χ4v) is 1.96. The van der Waals surface area contributed by atoms with Crippen molar-refractivity contribution in [2.24, 2.45) is 0 Å². The number of aliphatic hydroxyl groups excluding tert-OH is 1. The third-order valence-electron chi connectivity index (χ3n) is 3.00. The van der Waals surface area contributed by atoms with Crippen molar-refractivity contribution in [1.82, 2.24) is 4.57 Å². The fraction of sp³-hybridized carbons (Fsp3) is 0.308. The molecule has 1 aromatic heterocycles. The highest BCUT2D eigenvalue weighted by atomic mass is 16.3. The fourth-order valence-electron chi connectivity index (χ4n) is 1.96. The molecule has 2 rings (SSSR count). The highest BCUT2D eigenvalue weighted by molar-refractivity contribution is 5.98. The van der Waals surface area contributed by atoms with Crippen molar-refractivity contribution < 1.29 is 9.90 Å². The minimum absolute atomic E-state index is 0.0784. The van der Waals surface area contributed by atoms with E-state index < -0.39 is 0 Å². The van der Waals surface area contributed by atoms with Crippen molar-refractivity contribution in [3.63, 3.8) is 0 Å². The van der Waals surface area contributed by atoms with E-state index >= 15 is 0 Å². The van der Waals surface area contributed by atoms with Crippen molar-refractivity contribution in [2.45, 2.75) is 20.4 Å². The summed E-state index contributed by atoms with van der Waals surface area (Å²) in [7, 11) is 0. The Morgan fingerprint density at radius 3 is 2.62 bits per heavy atom. The average molecular weight is 217 g/mol. The Bertz CT molecular complexity index is 540. The summed E-state index contributed by atoms with van der Waals surface area (Å²) in [5.74, 6) is 0. The van der Waals surface area contributed by atoms with E-state index in [4.69, 9.17) is 5.11 Å². The Morgan fingerprint density at radius 2 is 2.00 bits per heavy atom. The lowest BCUT2D eigenvalue weighted by atomic mass is 10.1. The number of hydrogen-bond acceptors (Lipinski definition) is 2. The first-order chi connectivity index (χ1) is 7.67.